The fraction of sp³-hybridized carbons (Fsp3) is 0.0556. The normalized spacial score (nSPS) is 12.6. The molecule has 2 heterocycles. The number of ether oxygens (including phenoxy) is 2. The zero-order valence-electron chi connectivity index (χ0n) is 13.4. The van der Waals surface area contributed by atoms with Gasteiger partial charge in [-0.2, -0.15) is 9.37 Å². The highest BCUT2D eigenvalue weighted by Gasteiger charge is 2.36. The molecule has 0 saturated heterocycles. The third-order valence-electron chi connectivity index (χ3n) is 3.82. The van der Waals surface area contributed by atoms with Crippen molar-refractivity contribution in [3.8, 4) is 23.1 Å². The minimum absolute atomic E-state index is 0.190. The van der Waals surface area contributed by atoms with Crippen LogP contribution in [0.1, 0.15) is 5.56 Å². The van der Waals surface area contributed by atoms with Crippen molar-refractivity contribution in [2.45, 2.75) is 16.7 Å². The van der Waals surface area contributed by atoms with Crippen LogP contribution in [-0.4, -0.2) is 13.4 Å². The molecule has 0 atom stereocenters. The lowest BCUT2D eigenvalue weighted by Crippen LogP contribution is -2.13. The van der Waals surface area contributed by atoms with Crippen molar-refractivity contribution < 1.29 is 26.7 Å². The molecule has 0 radical (unpaired) electrons. The SMILES string of the molecule is Cc1ccc2c(c1)Oc1c(nc(F)c(F)c1S(=O)(=O)c1ccccc1)O2. The molecule has 26 heavy (non-hydrogen) atoms. The summed E-state index contributed by atoms with van der Waals surface area (Å²) in [6.07, 6.45) is 0. The lowest BCUT2D eigenvalue weighted by molar-refractivity contribution is 0.318. The van der Waals surface area contributed by atoms with Crippen LogP contribution in [-0.2, 0) is 9.84 Å². The molecule has 0 amide bonds. The number of fused-ring (bicyclic) bond motifs is 2. The lowest BCUT2D eigenvalue weighted by Gasteiger charge is -2.22. The number of rotatable bonds is 2. The maximum absolute atomic E-state index is 14.5. The van der Waals surface area contributed by atoms with Gasteiger partial charge < -0.3 is 9.47 Å². The van der Waals surface area contributed by atoms with Gasteiger partial charge in [0.25, 0.3) is 11.8 Å². The van der Waals surface area contributed by atoms with Gasteiger partial charge in [-0.25, -0.2) is 12.8 Å². The van der Waals surface area contributed by atoms with Gasteiger partial charge in [0.15, 0.2) is 16.4 Å². The maximum atomic E-state index is 14.5. The van der Waals surface area contributed by atoms with E-state index >= 15 is 0 Å². The van der Waals surface area contributed by atoms with Crippen molar-refractivity contribution in [1.82, 2.24) is 4.98 Å². The standard InChI is InChI=1S/C18H11F2NO4S/c1-10-7-8-12-13(9-10)24-15-16(14(19)17(20)21-18(15)25-12)26(22,23)11-5-3-2-4-6-11/h2-9H,1H3. The van der Waals surface area contributed by atoms with Gasteiger partial charge in [0, 0.05) is 0 Å². The highest BCUT2D eigenvalue weighted by atomic mass is 32.2. The van der Waals surface area contributed by atoms with Gasteiger partial charge in [-0.05, 0) is 36.8 Å². The van der Waals surface area contributed by atoms with Crippen LogP contribution >= 0.6 is 0 Å². The van der Waals surface area contributed by atoms with Gasteiger partial charge in [-0.3, -0.25) is 0 Å². The van der Waals surface area contributed by atoms with E-state index < -0.39 is 38.1 Å². The Morgan fingerprint density at radius 3 is 2.42 bits per heavy atom. The van der Waals surface area contributed by atoms with Gasteiger partial charge in [0.1, 0.15) is 0 Å². The summed E-state index contributed by atoms with van der Waals surface area (Å²) in [4.78, 5) is 2.20. The van der Waals surface area contributed by atoms with Crippen LogP contribution in [0.4, 0.5) is 8.78 Å². The first-order valence-corrected chi connectivity index (χ1v) is 9.02. The molecule has 4 rings (SSSR count). The molecule has 2 aromatic carbocycles. The average molecular weight is 375 g/mol. The van der Waals surface area contributed by atoms with Crippen LogP contribution in [0.15, 0.2) is 58.3 Å². The Labute approximate surface area is 147 Å². The summed E-state index contributed by atoms with van der Waals surface area (Å²) in [6.45, 7) is 1.80. The second-order valence-electron chi connectivity index (χ2n) is 5.65. The van der Waals surface area contributed by atoms with Gasteiger partial charge in [0.05, 0.1) is 4.90 Å². The summed E-state index contributed by atoms with van der Waals surface area (Å²) >= 11 is 0. The quantitative estimate of drug-likeness (QED) is 0.486. The first-order chi connectivity index (χ1) is 12.4. The van der Waals surface area contributed by atoms with Gasteiger partial charge in [-0.15, -0.1) is 0 Å². The number of aryl methyl sites for hydroxylation is 1. The molecular weight excluding hydrogens is 364 g/mol. The Hall–Kier alpha value is -3.00. The highest BCUT2D eigenvalue weighted by Crippen LogP contribution is 2.49. The van der Waals surface area contributed by atoms with Crippen LogP contribution < -0.4 is 9.47 Å². The number of aromatic nitrogens is 1. The fourth-order valence-electron chi connectivity index (χ4n) is 2.59. The number of pyridine rings is 1. The van der Waals surface area contributed by atoms with E-state index in [-0.39, 0.29) is 16.4 Å². The van der Waals surface area contributed by atoms with E-state index in [1.165, 1.54) is 24.3 Å². The summed E-state index contributed by atoms with van der Waals surface area (Å²) < 4.78 is 65.2. The van der Waals surface area contributed by atoms with Gasteiger partial charge in [-0.1, -0.05) is 24.3 Å². The molecule has 5 nitrogen and oxygen atoms in total. The first-order valence-electron chi connectivity index (χ1n) is 7.53. The number of nitrogens with zero attached hydrogens (tertiary/aromatic N) is 1. The van der Waals surface area contributed by atoms with E-state index in [1.54, 1.807) is 31.2 Å². The van der Waals surface area contributed by atoms with Crippen molar-refractivity contribution in [2.24, 2.45) is 0 Å². The minimum atomic E-state index is -4.41. The first kappa shape index (κ1) is 16.5. The van der Waals surface area contributed by atoms with E-state index in [0.29, 0.717) is 0 Å². The molecule has 0 N–H and O–H groups in total. The molecule has 0 aliphatic carbocycles. The number of halogens is 2. The molecule has 8 heteroatoms. The summed E-state index contributed by atoms with van der Waals surface area (Å²) in [7, 11) is -4.41. The number of sulfone groups is 1. The largest absolute Gasteiger partial charge is 0.446 e. The minimum Gasteiger partial charge on any atom is -0.446 e. The molecule has 0 saturated carbocycles. The van der Waals surface area contributed by atoms with Crippen molar-refractivity contribution in [3.63, 3.8) is 0 Å². The highest BCUT2D eigenvalue weighted by molar-refractivity contribution is 7.91. The van der Waals surface area contributed by atoms with Crippen molar-refractivity contribution in [3.05, 3.63) is 65.9 Å². The smallest absolute Gasteiger partial charge is 0.267 e. The topological polar surface area (TPSA) is 65.5 Å². The Kier molecular flexibility index (Phi) is 3.66. The van der Waals surface area contributed by atoms with Crippen molar-refractivity contribution in [2.75, 3.05) is 0 Å². The van der Waals surface area contributed by atoms with Crippen LogP contribution in [0.25, 0.3) is 0 Å². The van der Waals surface area contributed by atoms with E-state index in [9.17, 15) is 17.2 Å². The molecule has 3 aromatic rings. The van der Waals surface area contributed by atoms with Crippen LogP contribution in [0.2, 0.25) is 0 Å². The molecule has 0 fully saturated rings. The van der Waals surface area contributed by atoms with E-state index in [1.807, 2.05) is 0 Å². The molecule has 0 spiro atoms. The van der Waals surface area contributed by atoms with Crippen molar-refractivity contribution in [1.29, 1.82) is 0 Å². The molecule has 132 valence electrons. The summed E-state index contributed by atoms with van der Waals surface area (Å²) in [5.74, 6) is -3.72. The zero-order chi connectivity index (χ0) is 18.5. The Morgan fingerprint density at radius 2 is 1.69 bits per heavy atom. The predicted octanol–water partition coefficient (Wildman–Crippen LogP) is 4.40. The lowest BCUT2D eigenvalue weighted by atomic mass is 10.2. The summed E-state index contributed by atoms with van der Waals surface area (Å²) in [5.41, 5.74) is 0.818. The number of benzene rings is 2. The predicted molar refractivity (Wildman–Crippen MR) is 87.4 cm³/mol. The number of hydrogen-bond donors (Lipinski definition) is 0. The van der Waals surface area contributed by atoms with E-state index in [0.717, 1.165) is 5.56 Å². The summed E-state index contributed by atoms with van der Waals surface area (Å²) in [6, 6.07) is 12.0. The molecule has 1 aliphatic heterocycles. The molecule has 0 unspecified atom stereocenters. The molecular formula is C18H11F2NO4S. The van der Waals surface area contributed by atoms with Gasteiger partial charge in [0.2, 0.25) is 21.4 Å². The molecule has 1 aliphatic rings. The van der Waals surface area contributed by atoms with E-state index in [2.05, 4.69) is 4.98 Å². The summed E-state index contributed by atoms with van der Waals surface area (Å²) in [5, 5.41) is 0. The second-order valence-corrected chi connectivity index (χ2v) is 7.54. The zero-order valence-corrected chi connectivity index (χ0v) is 14.2. The van der Waals surface area contributed by atoms with Crippen molar-refractivity contribution >= 4 is 9.84 Å². The maximum Gasteiger partial charge on any atom is 0.267 e. The van der Waals surface area contributed by atoms with Crippen LogP contribution in [0.5, 0.6) is 23.1 Å². The fourth-order valence-corrected chi connectivity index (χ4v) is 4.03. The Balaban J connectivity index is 1.97. The van der Waals surface area contributed by atoms with Crippen LogP contribution in [0.3, 0.4) is 0 Å². The third-order valence-corrected chi connectivity index (χ3v) is 5.62. The average Bonchev–Trinajstić information content (AvgIpc) is 2.62. The second kappa shape index (κ2) is 5.77. The Bertz CT molecular complexity index is 1130. The Morgan fingerprint density at radius 1 is 0.962 bits per heavy atom. The van der Waals surface area contributed by atoms with Crippen LogP contribution in [0, 0.1) is 18.7 Å². The number of hydrogen-bond acceptors (Lipinski definition) is 5. The van der Waals surface area contributed by atoms with Gasteiger partial charge >= 0.3 is 0 Å². The monoisotopic (exact) mass is 375 g/mol. The third kappa shape index (κ3) is 2.50. The molecule has 0 bridgehead atoms. The van der Waals surface area contributed by atoms with E-state index in [4.69, 9.17) is 9.47 Å². The molecule has 1 aromatic heterocycles.